The lowest BCUT2D eigenvalue weighted by molar-refractivity contribution is -0.172. The molecule has 7 nitrogen and oxygen atoms in total. The van der Waals surface area contributed by atoms with E-state index in [1.807, 2.05) is 0 Å². The standard InChI is InChI=1S/C21H38O7/c1-17(2)13-11-9-7-5-3-4-6-8-10-12-14-28-19(24)16-21(27,20(25)26)15-18(22)23/h17,27H,3-16H2,1-2H3,(H,22,23)(H,25,26). The van der Waals surface area contributed by atoms with E-state index in [-0.39, 0.29) is 6.61 Å². The Morgan fingerprint density at radius 3 is 1.68 bits per heavy atom. The fourth-order valence-corrected chi connectivity index (χ4v) is 3.01. The van der Waals surface area contributed by atoms with E-state index in [0.29, 0.717) is 6.42 Å². The Hall–Kier alpha value is -1.63. The summed E-state index contributed by atoms with van der Waals surface area (Å²) in [5, 5.41) is 27.3. The van der Waals surface area contributed by atoms with Crippen LogP contribution < -0.4 is 0 Å². The second-order valence-electron chi connectivity index (χ2n) is 8.02. The zero-order chi connectivity index (χ0) is 21.4. The zero-order valence-electron chi connectivity index (χ0n) is 17.5. The van der Waals surface area contributed by atoms with Crippen LogP contribution in [-0.2, 0) is 19.1 Å². The third-order valence-corrected chi connectivity index (χ3v) is 4.72. The quantitative estimate of drug-likeness (QED) is 0.232. The van der Waals surface area contributed by atoms with Crippen molar-refractivity contribution in [2.75, 3.05) is 6.61 Å². The molecule has 1 unspecified atom stereocenters. The van der Waals surface area contributed by atoms with Gasteiger partial charge in [-0.1, -0.05) is 78.1 Å². The number of esters is 1. The van der Waals surface area contributed by atoms with Crippen molar-refractivity contribution in [1.82, 2.24) is 0 Å². The lowest BCUT2D eigenvalue weighted by Crippen LogP contribution is -2.43. The molecule has 1 atom stereocenters. The number of carboxylic acids is 2. The van der Waals surface area contributed by atoms with Gasteiger partial charge in [0.05, 0.1) is 19.4 Å². The van der Waals surface area contributed by atoms with Crippen molar-refractivity contribution in [3.05, 3.63) is 0 Å². The van der Waals surface area contributed by atoms with Crippen LogP contribution in [0.15, 0.2) is 0 Å². The van der Waals surface area contributed by atoms with E-state index < -0.39 is 36.4 Å². The summed E-state index contributed by atoms with van der Waals surface area (Å²) in [6.45, 7) is 4.67. The maximum absolute atomic E-state index is 11.6. The first-order valence-electron chi connectivity index (χ1n) is 10.5. The van der Waals surface area contributed by atoms with Gasteiger partial charge in [0, 0.05) is 0 Å². The van der Waals surface area contributed by atoms with Crippen molar-refractivity contribution in [2.24, 2.45) is 5.92 Å². The molecule has 0 spiro atoms. The van der Waals surface area contributed by atoms with Crippen molar-refractivity contribution >= 4 is 17.9 Å². The first-order chi connectivity index (χ1) is 13.2. The molecule has 3 N–H and O–H groups in total. The number of hydrogen-bond acceptors (Lipinski definition) is 5. The number of ether oxygens (including phenoxy) is 1. The molecule has 0 radical (unpaired) electrons. The number of carbonyl (C=O) groups is 3. The highest BCUT2D eigenvalue weighted by atomic mass is 16.5. The smallest absolute Gasteiger partial charge is 0.336 e. The van der Waals surface area contributed by atoms with Gasteiger partial charge in [-0.05, 0) is 12.3 Å². The number of carboxylic acid groups (broad SMARTS) is 2. The molecule has 0 aliphatic carbocycles. The maximum atomic E-state index is 11.6. The Morgan fingerprint density at radius 1 is 0.786 bits per heavy atom. The number of aliphatic carboxylic acids is 2. The molecule has 0 bridgehead atoms. The molecule has 0 aromatic carbocycles. The minimum absolute atomic E-state index is 0.150. The zero-order valence-corrected chi connectivity index (χ0v) is 17.5. The van der Waals surface area contributed by atoms with Crippen molar-refractivity contribution in [1.29, 1.82) is 0 Å². The molecule has 28 heavy (non-hydrogen) atoms. The highest BCUT2D eigenvalue weighted by molar-refractivity contribution is 5.88. The van der Waals surface area contributed by atoms with Crippen LogP contribution >= 0.6 is 0 Å². The Bertz CT molecular complexity index is 462. The van der Waals surface area contributed by atoms with E-state index in [9.17, 15) is 19.5 Å². The SMILES string of the molecule is CC(C)CCCCCCCCCCCCOC(=O)CC(O)(CC(=O)O)C(=O)O. The molecule has 0 aromatic heterocycles. The van der Waals surface area contributed by atoms with E-state index >= 15 is 0 Å². The monoisotopic (exact) mass is 402 g/mol. The molecule has 164 valence electrons. The molecule has 0 fully saturated rings. The Balaban J connectivity index is 3.61. The third-order valence-electron chi connectivity index (χ3n) is 4.72. The van der Waals surface area contributed by atoms with E-state index in [1.54, 1.807) is 0 Å². The molecule has 0 rings (SSSR count). The first-order valence-corrected chi connectivity index (χ1v) is 10.5. The van der Waals surface area contributed by atoms with Crippen LogP contribution in [0.3, 0.4) is 0 Å². The minimum Gasteiger partial charge on any atom is -0.481 e. The number of hydrogen-bond donors (Lipinski definition) is 3. The van der Waals surface area contributed by atoms with Crippen LogP contribution in [0.1, 0.15) is 97.3 Å². The van der Waals surface area contributed by atoms with Crippen LogP contribution in [0.25, 0.3) is 0 Å². The summed E-state index contributed by atoms with van der Waals surface area (Å²) in [6.07, 6.45) is 10.9. The lowest BCUT2D eigenvalue weighted by Gasteiger charge is -2.20. The molecule has 0 aliphatic rings. The number of carbonyl (C=O) groups excluding carboxylic acids is 1. The summed E-state index contributed by atoms with van der Waals surface area (Å²) >= 11 is 0. The molecule has 0 amide bonds. The Morgan fingerprint density at radius 2 is 1.25 bits per heavy atom. The average molecular weight is 403 g/mol. The Kier molecular flexibility index (Phi) is 14.4. The van der Waals surface area contributed by atoms with Crippen LogP contribution in [0.2, 0.25) is 0 Å². The van der Waals surface area contributed by atoms with Gasteiger partial charge in [-0.3, -0.25) is 9.59 Å². The van der Waals surface area contributed by atoms with Crippen molar-refractivity contribution < 1.29 is 34.4 Å². The molecular weight excluding hydrogens is 364 g/mol. The summed E-state index contributed by atoms with van der Waals surface area (Å²) in [4.78, 5) is 33.2. The van der Waals surface area contributed by atoms with Crippen LogP contribution in [0.4, 0.5) is 0 Å². The van der Waals surface area contributed by atoms with Gasteiger partial charge in [0.1, 0.15) is 0 Å². The average Bonchev–Trinajstić information content (AvgIpc) is 2.57. The van der Waals surface area contributed by atoms with Gasteiger partial charge in [-0.15, -0.1) is 0 Å². The van der Waals surface area contributed by atoms with Gasteiger partial charge in [0.15, 0.2) is 5.60 Å². The molecule has 0 aromatic rings. The van der Waals surface area contributed by atoms with Gasteiger partial charge < -0.3 is 20.1 Å². The third kappa shape index (κ3) is 14.4. The van der Waals surface area contributed by atoms with E-state index in [4.69, 9.17) is 14.9 Å². The number of aliphatic hydroxyl groups is 1. The Labute approximate surface area is 168 Å². The fourth-order valence-electron chi connectivity index (χ4n) is 3.01. The molecule has 0 heterocycles. The summed E-state index contributed by atoms with van der Waals surface area (Å²) < 4.78 is 4.91. The summed E-state index contributed by atoms with van der Waals surface area (Å²) in [5.74, 6) is -3.34. The first kappa shape index (κ1) is 26.4. The van der Waals surface area contributed by atoms with Crippen LogP contribution in [0.5, 0.6) is 0 Å². The predicted octanol–water partition coefficient (Wildman–Crippen LogP) is 4.16. The number of unbranched alkanes of at least 4 members (excludes halogenated alkanes) is 9. The highest BCUT2D eigenvalue weighted by Gasteiger charge is 2.41. The lowest BCUT2D eigenvalue weighted by atomic mass is 9.96. The topological polar surface area (TPSA) is 121 Å². The second-order valence-corrected chi connectivity index (χ2v) is 8.02. The minimum atomic E-state index is -2.63. The van der Waals surface area contributed by atoms with Gasteiger partial charge in [0.25, 0.3) is 0 Å². The molecule has 7 heteroatoms. The highest BCUT2D eigenvalue weighted by Crippen LogP contribution is 2.17. The maximum Gasteiger partial charge on any atom is 0.336 e. The predicted molar refractivity (Wildman–Crippen MR) is 106 cm³/mol. The van der Waals surface area contributed by atoms with Gasteiger partial charge >= 0.3 is 17.9 Å². The molecular formula is C21H38O7. The second kappa shape index (κ2) is 15.3. The molecule has 0 saturated carbocycles. The van der Waals surface area contributed by atoms with Gasteiger partial charge in [0.2, 0.25) is 0 Å². The van der Waals surface area contributed by atoms with E-state index in [0.717, 1.165) is 25.2 Å². The largest absolute Gasteiger partial charge is 0.481 e. The van der Waals surface area contributed by atoms with Crippen molar-refractivity contribution in [3.8, 4) is 0 Å². The van der Waals surface area contributed by atoms with Crippen molar-refractivity contribution in [2.45, 2.75) is 103 Å². The van der Waals surface area contributed by atoms with Crippen LogP contribution in [0, 0.1) is 5.92 Å². The van der Waals surface area contributed by atoms with E-state index in [2.05, 4.69) is 13.8 Å². The summed E-state index contributed by atoms with van der Waals surface area (Å²) in [5.41, 5.74) is -2.63. The summed E-state index contributed by atoms with van der Waals surface area (Å²) in [7, 11) is 0. The fraction of sp³-hybridized carbons (Fsp3) is 0.857. The van der Waals surface area contributed by atoms with Crippen molar-refractivity contribution in [3.63, 3.8) is 0 Å². The molecule has 0 aliphatic heterocycles. The van der Waals surface area contributed by atoms with Crippen LogP contribution in [-0.4, -0.2) is 45.4 Å². The normalized spacial score (nSPS) is 13.3. The number of rotatable bonds is 18. The summed E-state index contributed by atoms with van der Waals surface area (Å²) in [6, 6.07) is 0. The van der Waals surface area contributed by atoms with E-state index in [1.165, 1.54) is 44.9 Å². The molecule has 0 saturated heterocycles. The van der Waals surface area contributed by atoms with Gasteiger partial charge in [-0.25, -0.2) is 4.79 Å². The van der Waals surface area contributed by atoms with Gasteiger partial charge in [-0.2, -0.15) is 0 Å².